The SMILES string of the molecule is Cc1nc(CNC(C)(C)C)nn1C. The first kappa shape index (κ1) is 10.2. The molecule has 0 unspecified atom stereocenters. The summed E-state index contributed by atoms with van der Waals surface area (Å²) < 4.78 is 1.79. The maximum atomic E-state index is 4.30. The van der Waals surface area contributed by atoms with Crippen molar-refractivity contribution in [2.24, 2.45) is 7.05 Å². The van der Waals surface area contributed by atoms with E-state index in [0.29, 0.717) is 0 Å². The van der Waals surface area contributed by atoms with Crippen molar-refractivity contribution >= 4 is 0 Å². The second-order valence-electron chi connectivity index (χ2n) is 4.30. The fourth-order valence-corrected chi connectivity index (χ4v) is 0.946. The van der Waals surface area contributed by atoms with Crippen LogP contribution in [0.4, 0.5) is 0 Å². The number of hydrogen-bond acceptors (Lipinski definition) is 3. The van der Waals surface area contributed by atoms with Gasteiger partial charge < -0.3 is 5.32 Å². The van der Waals surface area contributed by atoms with E-state index in [1.54, 1.807) is 4.68 Å². The summed E-state index contributed by atoms with van der Waals surface area (Å²) in [7, 11) is 1.91. The lowest BCUT2D eigenvalue weighted by atomic mass is 10.1. The highest BCUT2D eigenvalue weighted by molar-refractivity contribution is 4.90. The smallest absolute Gasteiger partial charge is 0.164 e. The lowest BCUT2D eigenvalue weighted by molar-refractivity contribution is 0.417. The first-order valence-electron chi connectivity index (χ1n) is 4.50. The van der Waals surface area contributed by atoms with Gasteiger partial charge in [-0.15, -0.1) is 0 Å². The molecule has 0 radical (unpaired) electrons. The molecule has 1 aromatic rings. The van der Waals surface area contributed by atoms with Gasteiger partial charge in [-0.05, 0) is 27.7 Å². The molecule has 0 aromatic carbocycles. The number of nitrogens with zero attached hydrogens (tertiary/aromatic N) is 3. The molecular weight excluding hydrogens is 164 g/mol. The van der Waals surface area contributed by atoms with Gasteiger partial charge in [0.2, 0.25) is 0 Å². The van der Waals surface area contributed by atoms with E-state index in [1.807, 2.05) is 14.0 Å². The van der Waals surface area contributed by atoms with Gasteiger partial charge in [-0.25, -0.2) is 4.98 Å². The van der Waals surface area contributed by atoms with Crippen molar-refractivity contribution in [3.8, 4) is 0 Å². The molecule has 0 atom stereocenters. The highest BCUT2D eigenvalue weighted by Gasteiger charge is 2.10. The monoisotopic (exact) mass is 182 g/mol. The summed E-state index contributed by atoms with van der Waals surface area (Å²) in [4.78, 5) is 4.30. The molecule has 0 saturated heterocycles. The van der Waals surface area contributed by atoms with Gasteiger partial charge in [0.1, 0.15) is 5.82 Å². The summed E-state index contributed by atoms with van der Waals surface area (Å²) in [6.45, 7) is 9.06. The number of rotatable bonds is 2. The van der Waals surface area contributed by atoms with E-state index >= 15 is 0 Å². The van der Waals surface area contributed by atoms with Crippen LogP contribution >= 0.6 is 0 Å². The predicted octanol–water partition coefficient (Wildman–Crippen LogP) is 1.01. The summed E-state index contributed by atoms with van der Waals surface area (Å²) in [5.74, 6) is 1.81. The molecule has 0 fully saturated rings. The molecule has 1 heterocycles. The van der Waals surface area contributed by atoms with E-state index < -0.39 is 0 Å². The van der Waals surface area contributed by atoms with Gasteiger partial charge in [-0.3, -0.25) is 4.68 Å². The first-order valence-corrected chi connectivity index (χ1v) is 4.50. The van der Waals surface area contributed by atoms with E-state index in [2.05, 4.69) is 36.2 Å². The third-order valence-corrected chi connectivity index (χ3v) is 1.80. The molecule has 1 aromatic heterocycles. The average Bonchev–Trinajstić information content (AvgIpc) is 2.27. The third kappa shape index (κ3) is 3.14. The van der Waals surface area contributed by atoms with Crippen molar-refractivity contribution in [3.05, 3.63) is 11.6 Å². The summed E-state index contributed by atoms with van der Waals surface area (Å²) in [6.07, 6.45) is 0. The Balaban J connectivity index is 2.56. The van der Waals surface area contributed by atoms with Crippen molar-refractivity contribution in [1.82, 2.24) is 20.1 Å². The Morgan fingerprint density at radius 3 is 2.38 bits per heavy atom. The molecule has 0 bridgehead atoms. The van der Waals surface area contributed by atoms with Gasteiger partial charge in [0.15, 0.2) is 5.82 Å². The lowest BCUT2D eigenvalue weighted by Crippen LogP contribution is -2.35. The first-order chi connectivity index (χ1) is 5.88. The highest BCUT2D eigenvalue weighted by Crippen LogP contribution is 2.01. The Hall–Kier alpha value is -0.900. The molecule has 1 N–H and O–H groups in total. The summed E-state index contributed by atoms with van der Waals surface area (Å²) >= 11 is 0. The maximum absolute atomic E-state index is 4.30. The largest absolute Gasteiger partial charge is 0.305 e. The van der Waals surface area contributed by atoms with E-state index in [-0.39, 0.29) is 5.54 Å². The normalized spacial score (nSPS) is 12.1. The van der Waals surface area contributed by atoms with Gasteiger partial charge in [-0.1, -0.05) is 0 Å². The van der Waals surface area contributed by atoms with E-state index in [0.717, 1.165) is 18.2 Å². The van der Waals surface area contributed by atoms with Gasteiger partial charge >= 0.3 is 0 Å². The predicted molar refractivity (Wildman–Crippen MR) is 52.3 cm³/mol. The minimum Gasteiger partial charge on any atom is -0.305 e. The van der Waals surface area contributed by atoms with Crippen LogP contribution in [-0.4, -0.2) is 20.3 Å². The van der Waals surface area contributed by atoms with E-state index in [1.165, 1.54) is 0 Å². The zero-order chi connectivity index (χ0) is 10.1. The Morgan fingerprint density at radius 1 is 1.38 bits per heavy atom. The molecule has 0 aliphatic rings. The Bertz CT molecular complexity index is 263. The second kappa shape index (κ2) is 3.46. The van der Waals surface area contributed by atoms with Gasteiger partial charge in [0.05, 0.1) is 6.54 Å². The topological polar surface area (TPSA) is 42.7 Å². The zero-order valence-electron chi connectivity index (χ0n) is 9.05. The molecule has 0 aliphatic carbocycles. The Kier molecular flexibility index (Phi) is 2.71. The van der Waals surface area contributed by atoms with Gasteiger partial charge in [-0.2, -0.15) is 5.10 Å². The highest BCUT2D eigenvalue weighted by atomic mass is 15.3. The quantitative estimate of drug-likeness (QED) is 0.742. The van der Waals surface area contributed by atoms with Crippen molar-refractivity contribution in [2.75, 3.05) is 0 Å². The van der Waals surface area contributed by atoms with Crippen LogP contribution in [0.25, 0.3) is 0 Å². The van der Waals surface area contributed by atoms with E-state index in [4.69, 9.17) is 0 Å². The Morgan fingerprint density at radius 2 is 2.00 bits per heavy atom. The number of nitrogens with one attached hydrogen (secondary N) is 1. The minimum atomic E-state index is 0.118. The summed E-state index contributed by atoms with van der Waals surface area (Å²) in [5.41, 5.74) is 0.118. The van der Waals surface area contributed by atoms with Gasteiger partial charge in [0, 0.05) is 12.6 Å². The van der Waals surface area contributed by atoms with Crippen LogP contribution in [0.2, 0.25) is 0 Å². The molecule has 13 heavy (non-hydrogen) atoms. The molecule has 0 saturated carbocycles. The van der Waals surface area contributed by atoms with Crippen LogP contribution in [0.1, 0.15) is 32.4 Å². The number of aryl methyl sites for hydroxylation is 2. The van der Waals surface area contributed by atoms with Crippen LogP contribution in [0, 0.1) is 6.92 Å². The summed E-state index contributed by atoms with van der Waals surface area (Å²) in [5, 5.41) is 7.60. The number of aromatic nitrogens is 3. The van der Waals surface area contributed by atoms with Crippen LogP contribution < -0.4 is 5.32 Å². The molecule has 1 rings (SSSR count). The van der Waals surface area contributed by atoms with Crippen molar-refractivity contribution in [2.45, 2.75) is 39.8 Å². The molecule has 0 amide bonds. The minimum absolute atomic E-state index is 0.118. The second-order valence-corrected chi connectivity index (χ2v) is 4.30. The molecular formula is C9H18N4. The van der Waals surface area contributed by atoms with Crippen LogP contribution in [0.3, 0.4) is 0 Å². The fraction of sp³-hybridized carbons (Fsp3) is 0.778. The molecule has 4 heteroatoms. The van der Waals surface area contributed by atoms with Crippen LogP contribution in [0.5, 0.6) is 0 Å². The number of hydrogen-bond donors (Lipinski definition) is 1. The fourth-order valence-electron chi connectivity index (χ4n) is 0.946. The van der Waals surface area contributed by atoms with E-state index in [9.17, 15) is 0 Å². The summed E-state index contributed by atoms with van der Waals surface area (Å²) in [6, 6.07) is 0. The Labute approximate surface area is 79.4 Å². The van der Waals surface area contributed by atoms with Crippen molar-refractivity contribution in [3.63, 3.8) is 0 Å². The third-order valence-electron chi connectivity index (χ3n) is 1.80. The van der Waals surface area contributed by atoms with Crippen LogP contribution in [-0.2, 0) is 13.6 Å². The molecule has 0 spiro atoms. The van der Waals surface area contributed by atoms with Gasteiger partial charge in [0.25, 0.3) is 0 Å². The van der Waals surface area contributed by atoms with Crippen molar-refractivity contribution in [1.29, 1.82) is 0 Å². The maximum Gasteiger partial charge on any atom is 0.164 e. The average molecular weight is 182 g/mol. The molecule has 4 nitrogen and oxygen atoms in total. The van der Waals surface area contributed by atoms with Crippen molar-refractivity contribution < 1.29 is 0 Å². The molecule has 0 aliphatic heterocycles. The molecule has 74 valence electrons. The standard InChI is InChI=1S/C9H18N4/c1-7-11-8(12-13(7)5)6-10-9(2,3)4/h10H,6H2,1-5H3. The van der Waals surface area contributed by atoms with Crippen LogP contribution in [0.15, 0.2) is 0 Å². The zero-order valence-corrected chi connectivity index (χ0v) is 9.05. The lowest BCUT2D eigenvalue weighted by Gasteiger charge is -2.18.